The largest absolute Gasteiger partial charge is 0.341 e. The van der Waals surface area contributed by atoms with Gasteiger partial charge in [-0.1, -0.05) is 13.3 Å². The van der Waals surface area contributed by atoms with Crippen molar-refractivity contribution in [2.45, 2.75) is 32.2 Å². The minimum absolute atomic E-state index is 0.0929. The zero-order valence-corrected chi connectivity index (χ0v) is 10.2. The average Bonchev–Trinajstić information content (AvgIpc) is 2.87. The van der Waals surface area contributed by atoms with Crippen molar-refractivity contribution in [2.75, 3.05) is 24.7 Å². The van der Waals surface area contributed by atoms with Crippen LogP contribution < -0.4 is 5.32 Å². The van der Waals surface area contributed by atoms with E-state index in [2.05, 4.69) is 17.1 Å². The molecule has 3 nitrogen and oxygen atoms in total. The van der Waals surface area contributed by atoms with Gasteiger partial charge < -0.3 is 4.90 Å². The molecule has 0 aromatic heterocycles. The van der Waals surface area contributed by atoms with Crippen molar-refractivity contribution in [3.8, 4) is 0 Å². The molecule has 1 amide bonds. The summed E-state index contributed by atoms with van der Waals surface area (Å²) in [6.45, 7) is 4.20. The molecular weight excluding hydrogens is 208 g/mol. The third-order valence-corrected chi connectivity index (χ3v) is 4.25. The van der Waals surface area contributed by atoms with Crippen LogP contribution in [0.4, 0.5) is 0 Å². The normalized spacial score (nSPS) is 31.1. The van der Waals surface area contributed by atoms with E-state index >= 15 is 0 Å². The van der Waals surface area contributed by atoms with E-state index in [-0.39, 0.29) is 6.04 Å². The molecule has 2 heterocycles. The second kappa shape index (κ2) is 5.21. The first kappa shape index (κ1) is 11.3. The Labute approximate surface area is 96.0 Å². The summed E-state index contributed by atoms with van der Waals surface area (Å²) in [7, 11) is 0. The second-order valence-electron chi connectivity index (χ2n) is 4.50. The predicted octanol–water partition coefficient (Wildman–Crippen LogP) is 1.30. The van der Waals surface area contributed by atoms with E-state index < -0.39 is 0 Å². The molecule has 86 valence electrons. The average molecular weight is 228 g/mol. The fourth-order valence-corrected chi connectivity index (χ4v) is 3.38. The number of rotatable bonds is 3. The lowest BCUT2D eigenvalue weighted by atomic mass is 10.0. The molecule has 2 atom stereocenters. The van der Waals surface area contributed by atoms with E-state index in [1.165, 1.54) is 19.3 Å². The van der Waals surface area contributed by atoms with Gasteiger partial charge in [0.15, 0.2) is 0 Å². The van der Waals surface area contributed by atoms with Crippen LogP contribution in [0.1, 0.15) is 26.2 Å². The minimum Gasteiger partial charge on any atom is -0.341 e. The molecule has 0 spiro atoms. The Hall–Kier alpha value is -0.220. The molecule has 1 N–H and O–H groups in total. The molecule has 0 aliphatic carbocycles. The van der Waals surface area contributed by atoms with E-state index in [0.29, 0.717) is 5.91 Å². The number of carbonyl (C=O) groups is 1. The topological polar surface area (TPSA) is 32.3 Å². The summed E-state index contributed by atoms with van der Waals surface area (Å²) < 4.78 is 0. The van der Waals surface area contributed by atoms with Gasteiger partial charge in [0.1, 0.15) is 0 Å². The summed E-state index contributed by atoms with van der Waals surface area (Å²) >= 11 is 1.82. The number of hydrogen-bond donors (Lipinski definition) is 1. The van der Waals surface area contributed by atoms with Gasteiger partial charge in [-0.15, -0.1) is 11.8 Å². The van der Waals surface area contributed by atoms with Gasteiger partial charge in [0, 0.05) is 24.7 Å². The van der Waals surface area contributed by atoms with Crippen LogP contribution in [0.3, 0.4) is 0 Å². The van der Waals surface area contributed by atoms with Gasteiger partial charge in [-0.3, -0.25) is 10.1 Å². The Morgan fingerprint density at radius 2 is 2.47 bits per heavy atom. The van der Waals surface area contributed by atoms with Gasteiger partial charge in [0.05, 0.1) is 6.04 Å². The van der Waals surface area contributed by atoms with Gasteiger partial charge in [0.25, 0.3) is 0 Å². The maximum absolute atomic E-state index is 12.0. The van der Waals surface area contributed by atoms with Gasteiger partial charge in [0.2, 0.25) is 5.91 Å². The van der Waals surface area contributed by atoms with Crippen LogP contribution in [0.5, 0.6) is 0 Å². The van der Waals surface area contributed by atoms with Crippen molar-refractivity contribution < 1.29 is 4.79 Å². The van der Waals surface area contributed by atoms with E-state index in [0.717, 1.165) is 30.6 Å². The van der Waals surface area contributed by atoms with E-state index in [1.807, 2.05) is 11.8 Å². The van der Waals surface area contributed by atoms with Gasteiger partial charge in [-0.25, -0.2) is 0 Å². The highest BCUT2D eigenvalue weighted by Crippen LogP contribution is 2.22. The van der Waals surface area contributed by atoms with Crippen LogP contribution in [0.15, 0.2) is 0 Å². The molecule has 2 aliphatic heterocycles. The molecule has 0 aromatic carbocycles. The fraction of sp³-hybridized carbons (Fsp3) is 0.909. The van der Waals surface area contributed by atoms with E-state index in [9.17, 15) is 4.79 Å². The monoisotopic (exact) mass is 228 g/mol. The Balaban J connectivity index is 1.81. The summed E-state index contributed by atoms with van der Waals surface area (Å²) in [5.41, 5.74) is 0. The van der Waals surface area contributed by atoms with Crippen molar-refractivity contribution >= 4 is 17.7 Å². The lowest BCUT2D eigenvalue weighted by Gasteiger charge is -2.20. The number of amides is 1. The Kier molecular flexibility index (Phi) is 3.92. The Morgan fingerprint density at radius 1 is 1.60 bits per heavy atom. The van der Waals surface area contributed by atoms with Crippen LogP contribution in [0, 0.1) is 5.92 Å². The lowest BCUT2D eigenvalue weighted by molar-refractivity contribution is -0.131. The first-order valence-electron chi connectivity index (χ1n) is 5.91. The molecule has 2 unspecified atom stereocenters. The summed E-state index contributed by atoms with van der Waals surface area (Å²) in [6, 6.07) is 0.0929. The van der Waals surface area contributed by atoms with Gasteiger partial charge in [-0.05, 0) is 18.8 Å². The summed E-state index contributed by atoms with van der Waals surface area (Å²) in [6.07, 6.45) is 3.72. The van der Waals surface area contributed by atoms with Crippen LogP contribution >= 0.6 is 11.8 Å². The number of nitrogens with one attached hydrogen (secondary N) is 1. The SMILES string of the molecule is CCCC1CCN(C(=O)C2CSCN2)C1. The highest BCUT2D eigenvalue weighted by molar-refractivity contribution is 7.99. The number of hydrogen-bond acceptors (Lipinski definition) is 3. The molecule has 2 fully saturated rings. The molecule has 2 rings (SSSR count). The maximum atomic E-state index is 12.0. The third-order valence-electron chi connectivity index (χ3n) is 3.31. The summed E-state index contributed by atoms with van der Waals surface area (Å²) in [5, 5.41) is 3.25. The first-order valence-corrected chi connectivity index (χ1v) is 7.06. The smallest absolute Gasteiger partial charge is 0.240 e. The van der Waals surface area contributed by atoms with Crippen molar-refractivity contribution in [3.63, 3.8) is 0 Å². The van der Waals surface area contributed by atoms with Crippen LogP contribution in [0.25, 0.3) is 0 Å². The Bertz CT molecular complexity index is 229. The summed E-state index contributed by atoms with van der Waals surface area (Å²) in [5.74, 6) is 2.97. The van der Waals surface area contributed by atoms with Crippen molar-refractivity contribution in [1.29, 1.82) is 0 Å². The van der Waals surface area contributed by atoms with Gasteiger partial charge >= 0.3 is 0 Å². The highest BCUT2D eigenvalue weighted by Gasteiger charge is 2.31. The molecule has 2 aliphatic rings. The first-order chi connectivity index (χ1) is 7.31. The molecule has 0 aromatic rings. The molecule has 4 heteroatoms. The minimum atomic E-state index is 0.0929. The predicted molar refractivity (Wildman–Crippen MR) is 63.8 cm³/mol. The maximum Gasteiger partial charge on any atom is 0.240 e. The van der Waals surface area contributed by atoms with Crippen LogP contribution in [-0.2, 0) is 4.79 Å². The van der Waals surface area contributed by atoms with E-state index in [1.54, 1.807) is 0 Å². The molecule has 2 saturated heterocycles. The Morgan fingerprint density at radius 3 is 3.13 bits per heavy atom. The van der Waals surface area contributed by atoms with Crippen molar-refractivity contribution in [3.05, 3.63) is 0 Å². The zero-order chi connectivity index (χ0) is 10.7. The van der Waals surface area contributed by atoms with Crippen molar-refractivity contribution in [1.82, 2.24) is 10.2 Å². The lowest BCUT2D eigenvalue weighted by Crippen LogP contribution is -2.43. The van der Waals surface area contributed by atoms with Crippen LogP contribution in [0.2, 0.25) is 0 Å². The van der Waals surface area contributed by atoms with Crippen molar-refractivity contribution in [2.24, 2.45) is 5.92 Å². The second-order valence-corrected chi connectivity index (χ2v) is 5.53. The zero-order valence-electron chi connectivity index (χ0n) is 9.37. The van der Waals surface area contributed by atoms with E-state index in [4.69, 9.17) is 0 Å². The highest BCUT2D eigenvalue weighted by atomic mass is 32.2. The van der Waals surface area contributed by atoms with Gasteiger partial charge in [-0.2, -0.15) is 0 Å². The number of nitrogens with zero attached hydrogens (tertiary/aromatic N) is 1. The molecule has 0 radical (unpaired) electrons. The number of likely N-dealkylation sites (tertiary alicyclic amines) is 1. The summed E-state index contributed by atoms with van der Waals surface area (Å²) in [4.78, 5) is 14.1. The molecule has 0 saturated carbocycles. The molecule has 15 heavy (non-hydrogen) atoms. The number of carbonyl (C=O) groups excluding carboxylic acids is 1. The molecule has 0 bridgehead atoms. The fourth-order valence-electron chi connectivity index (χ4n) is 2.45. The third kappa shape index (κ3) is 2.67. The quantitative estimate of drug-likeness (QED) is 0.790. The molecular formula is C11H20N2OS. The standard InChI is InChI=1S/C11H20N2OS/c1-2-3-9-4-5-13(6-9)11(14)10-7-15-8-12-10/h9-10,12H,2-8H2,1H3. The van der Waals surface area contributed by atoms with Crippen LogP contribution in [-0.4, -0.2) is 41.6 Å². The number of thioether (sulfide) groups is 1.